The molecule has 0 unspecified atom stereocenters. The molecule has 3 aliphatic rings. The van der Waals surface area contributed by atoms with E-state index in [4.69, 9.17) is 9.47 Å². The molecule has 31 heavy (non-hydrogen) atoms. The van der Waals surface area contributed by atoms with Crippen molar-refractivity contribution in [3.8, 4) is 11.5 Å². The minimum Gasteiger partial charge on any atom is -0.496 e. The number of piperidine rings is 1. The van der Waals surface area contributed by atoms with Gasteiger partial charge in [0.25, 0.3) is 0 Å². The Hall–Kier alpha value is -2.50. The Kier molecular flexibility index (Phi) is 6.83. The number of nitrogens with zero attached hydrogens (tertiary/aromatic N) is 2. The van der Waals surface area contributed by atoms with Gasteiger partial charge in [-0.1, -0.05) is 12.8 Å². The van der Waals surface area contributed by atoms with Gasteiger partial charge < -0.3 is 19.3 Å². The maximum absolute atomic E-state index is 12.9. The number of methoxy groups -OCH3 is 1. The highest BCUT2D eigenvalue weighted by Crippen LogP contribution is 2.35. The molecule has 0 N–H and O–H groups in total. The number of hydrogen-bond donors (Lipinski definition) is 0. The number of carbonyl (C=O) groups excluding carboxylic acids is 2. The average Bonchev–Trinajstić information content (AvgIpc) is 2.97. The van der Waals surface area contributed by atoms with Crippen LogP contribution in [0, 0.1) is 5.92 Å². The molecular formula is C25H34N2O4. The van der Waals surface area contributed by atoms with Crippen LogP contribution < -0.4 is 9.47 Å². The van der Waals surface area contributed by atoms with E-state index in [-0.39, 0.29) is 17.9 Å². The van der Waals surface area contributed by atoms with Gasteiger partial charge in [-0.25, -0.2) is 0 Å². The highest BCUT2D eigenvalue weighted by Gasteiger charge is 2.30. The second-order valence-electron chi connectivity index (χ2n) is 9.01. The van der Waals surface area contributed by atoms with Crippen LogP contribution >= 0.6 is 0 Å². The van der Waals surface area contributed by atoms with Gasteiger partial charge in [-0.2, -0.15) is 0 Å². The molecule has 6 nitrogen and oxygen atoms in total. The Balaban J connectivity index is 1.34. The van der Waals surface area contributed by atoms with Gasteiger partial charge >= 0.3 is 0 Å². The molecule has 3 aliphatic heterocycles. The Morgan fingerprint density at radius 1 is 1.03 bits per heavy atom. The summed E-state index contributed by atoms with van der Waals surface area (Å²) in [5, 5.41) is 0. The van der Waals surface area contributed by atoms with Crippen molar-refractivity contribution in [1.29, 1.82) is 0 Å². The Bertz CT molecular complexity index is 834. The van der Waals surface area contributed by atoms with Crippen molar-refractivity contribution in [2.24, 2.45) is 5.92 Å². The predicted molar refractivity (Wildman–Crippen MR) is 120 cm³/mol. The molecule has 3 heterocycles. The Morgan fingerprint density at radius 2 is 1.74 bits per heavy atom. The molecule has 1 aromatic carbocycles. The average molecular weight is 427 g/mol. The van der Waals surface area contributed by atoms with E-state index in [1.165, 1.54) is 12.8 Å². The quantitative estimate of drug-likeness (QED) is 0.690. The molecule has 0 bridgehead atoms. The second kappa shape index (κ2) is 9.75. The molecule has 0 spiro atoms. The fourth-order valence-electron chi connectivity index (χ4n) is 4.92. The third-order valence-electron chi connectivity index (χ3n) is 6.73. The zero-order valence-corrected chi connectivity index (χ0v) is 18.8. The van der Waals surface area contributed by atoms with Crippen LogP contribution in [-0.2, 0) is 16.0 Å². The number of ether oxygens (including phenoxy) is 2. The van der Waals surface area contributed by atoms with Gasteiger partial charge in [-0.05, 0) is 50.8 Å². The molecule has 2 fully saturated rings. The summed E-state index contributed by atoms with van der Waals surface area (Å²) in [6.07, 6.45) is 10.6. The smallest absolute Gasteiger partial charge is 0.246 e. The van der Waals surface area contributed by atoms with E-state index in [2.05, 4.69) is 4.90 Å². The number of likely N-dealkylation sites (tertiary alicyclic amines) is 2. The number of fused-ring (bicyclic) bond motifs is 1. The van der Waals surface area contributed by atoms with Crippen LogP contribution in [0.1, 0.15) is 56.6 Å². The van der Waals surface area contributed by atoms with Crippen molar-refractivity contribution in [3.05, 3.63) is 29.3 Å². The number of benzene rings is 1. The number of amides is 2. The Labute approximate surface area is 185 Å². The van der Waals surface area contributed by atoms with Crippen LogP contribution in [0.2, 0.25) is 0 Å². The van der Waals surface area contributed by atoms with Crippen molar-refractivity contribution in [3.63, 3.8) is 0 Å². The number of rotatable bonds is 4. The standard InChI is InChI=1S/C25H34N2O4/c1-18-15-21-17-22(30-2)20(16-23(21)31-18)7-8-24(28)26-13-9-19(10-14-26)25(29)27-11-5-3-4-6-12-27/h7-8,16-19H,3-6,9-15H2,1-2H3/b8-7+/t18-/m0/s1. The van der Waals surface area contributed by atoms with Crippen LogP contribution in [0.3, 0.4) is 0 Å². The normalized spacial score (nSPS) is 22.2. The maximum atomic E-state index is 12.9. The zero-order valence-electron chi connectivity index (χ0n) is 18.8. The lowest BCUT2D eigenvalue weighted by atomic mass is 9.95. The van der Waals surface area contributed by atoms with Gasteiger partial charge in [0.1, 0.15) is 17.6 Å². The molecule has 6 heteroatoms. The van der Waals surface area contributed by atoms with Crippen molar-refractivity contribution in [1.82, 2.24) is 9.80 Å². The van der Waals surface area contributed by atoms with Gasteiger partial charge in [-0.3, -0.25) is 9.59 Å². The van der Waals surface area contributed by atoms with Crippen molar-refractivity contribution in [2.75, 3.05) is 33.3 Å². The van der Waals surface area contributed by atoms with Crippen molar-refractivity contribution < 1.29 is 19.1 Å². The Morgan fingerprint density at radius 3 is 2.42 bits per heavy atom. The van der Waals surface area contributed by atoms with E-state index in [0.717, 1.165) is 67.8 Å². The number of hydrogen-bond acceptors (Lipinski definition) is 4. The SMILES string of the molecule is COc1cc2c(cc1/C=C/C(=O)N1CCC(C(=O)N3CCCCCC3)CC1)O[C@@H](C)C2. The van der Waals surface area contributed by atoms with Gasteiger partial charge in [0.05, 0.1) is 7.11 Å². The molecule has 0 radical (unpaired) electrons. The molecule has 0 saturated carbocycles. The van der Waals surface area contributed by atoms with Gasteiger partial charge in [0.2, 0.25) is 11.8 Å². The van der Waals surface area contributed by atoms with Gasteiger partial charge in [-0.15, -0.1) is 0 Å². The first-order valence-electron chi connectivity index (χ1n) is 11.7. The van der Waals surface area contributed by atoms with Crippen LogP contribution in [0.25, 0.3) is 6.08 Å². The van der Waals surface area contributed by atoms with E-state index in [9.17, 15) is 9.59 Å². The minimum atomic E-state index is -0.0162. The third kappa shape index (κ3) is 5.05. The zero-order chi connectivity index (χ0) is 21.8. The topological polar surface area (TPSA) is 59.1 Å². The van der Waals surface area contributed by atoms with E-state index < -0.39 is 0 Å². The molecule has 0 aromatic heterocycles. The first kappa shape index (κ1) is 21.7. The molecule has 4 rings (SSSR count). The maximum Gasteiger partial charge on any atom is 0.246 e. The first-order chi connectivity index (χ1) is 15.0. The summed E-state index contributed by atoms with van der Waals surface area (Å²) in [4.78, 5) is 29.5. The van der Waals surface area contributed by atoms with Crippen LogP contribution in [0.15, 0.2) is 18.2 Å². The van der Waals surface area contributed by atoms with E-state index in [0.29, 0.717) is 19.0 Å². The highest BCUT2D eigenvalue weighted by atomic mass is 16.5. The van der Waals surface area contributed by atoms with Crippen molar-refractivity contribution >= 4 is 17.9 Å². The van der Waals surface area contributed by atoms with Gasteiger partial charge in [0.15, 0.2) is 0 Å². The van der Waals surface area contributed by atoms with E-state index in [1.54, 1.807) is 13.2 Å². The molecule has 1 atom stereocenters. The van der Waals surface area contributed by atoms with E-state index >= 15 is 0 Å². The summed E-state index contributed by atoms with van der Waals surface area (Å²) in [5.41, 5.74) is 1.99. The van der Waals surface area contributed by atoms with Gasteiger partial charge in [0, 0.05) is 55.7 Å². The monoisotopic (exact) mass is 426 g/mol. The molecular weight excluding hydrogens is 392 g/mol. The van der Waals surface area contributed by atoms with Crippen LogP contribution in [0.4, 0.5) is 0 Å². The third-order valence-corrected chi connectivity index (χ3v) is 6.73. The lowest BCUT2D eigenvalue weighted by Gasteiger charge is -2.33. The largest absolute Gasteiger partial charge is 0.496 e. The fraction of sp³-hybridized carbons (Fsp3) is 0.600. The second-order valence-corrected chi connectivity index (χ2v) is 9.01. The molecule has 1 aromatic rings. The number of carbonyl (C=O) groups is 2. The molecule has 2 amide bonds. The predicted octanol–water partition coefficient (Wildman–Crippen LogP) is 3.67. The molecule has 2 saturated heterocycles. The summed E-state index contributed by atoms with van der Waals surface area (Å²) in [6, 6.07) is 3.95. The highest BCUT2D eigenvalue weighted by molar-refractivity contribution is 5.92. The van der Waals surface area contributed by atoms with Crippen molar-refractivity contribution in [2.45, 2.75) is 58.0 Å². The molecule has 168 valence electrons. The summed E-state index contributed by atoms with van der Waals surface area (Å²) < 4.78 is 11.4. The van der Waals surface area contributed by atoms with E-state index in [1.807, 2.05) is 30.0 Å². The lowest BCUT2D eigenvalue weighted by Crippen LogP contribution is -2.44. The lowest BCUT2D eigenvalue weighted by molar-refractivity contribution is -0.139. The molecule has 0 aliphatic carbocycles. The fourth-order valence-corrected chi connectivity index (χ4v) is 4.92. The summed E-state index contributed by atoms with van der Waals surface area (Å²) in [7, 11) is 1.65. The summed E-state index contributed by atoms with van der Waals surface area (Å²) >= 11 is 0. The summed E-state index contributed by atoms with van der Waals surface area (Å²) in [5.74, 6) is 1.96. The summed E-state index contributed by atoms with van der Waals surface area (Å²) in [6.45, 7) is 5.11. The minimum absolute atomic E-state index is 0.0162. The van der Waals surface area contributed by atoms with Crippen LogP contribution in [-0.4, -0.2) is 61.0 Å². The first-order valence-corrected chi connectivity index (χ1v) is 11.7. The van der Waals surface area contributed by atoms with Crippen LogP contribution in [0.5, 0.6) is 11.5 Å².